The molecular weight excluding hydrogens is 260 g/mol. The lowest BCUT2D eigenvalue weighted by Crippen LogP contribution is -2.41. The van der Waals surface area contributed by atoms with E-state index in [0.717, 1.165) is 18.1 Å². The first-order valence-corrected chi connectivity index (χ1v) is 8.40. The van der Waals surface area contributed by atoms with Gasteiger partial charge in [0, 0.05) is 30.9 Å². The van der Waals surface area contributed by atoms with Crippen LogP contribution in [-0.2, 0) is 0 Å². The zero-order valence-electron chi connectivity index (χ0n) is 14.0. The summed E-state index contributed by atoms with van der Waals surface area (Å²) >= 11 is 0. The van der Waals surface area contributed by atoms with E-state index in [2.05, 4.69) is 54.1 Å². The van der Waals surface area contributed by atoms with Gasteiger partial charge in [-0.2, -0.15) is 0 Å². The lowest BCUT2D eigenvalue weighted by Gasteiger charge is -2.35. The number of hydrogen-bond acceptors (Lipinski definition) is 4. The molecule has 0 unspecified atom stereocenters. The molecule has 118 valence electrons. The van der Waals surface area contributed by atoms with Crippen LogP contribution in [0.3, 0.4) is 0 Å². The molecule has 4 nitrogen and oxygen atoms in total. The maximum absolute atomic E-state index is 4.46. The van der Waals surface area contributed by atoms with E-state index in [-0.39, 0.29) is 0 Å². The molecule has 0 aromatic carbocycles. The maximum atomic E-state index is 4.46. The van der Waals surface area contributed by atoms with Gasteiger partial charge in [0.25, 0.3) is 0 Å². The van der Waals surface area contributed by atoms with E-state index >= 15 is 0 Å². The Hall–Kier alpha value is -1.16. The first kappa shape index (κ1) is 16.2. The maximum Gasteiger partial charge on any atom is 0.132 e. The van der Waals surface area contributed by atoms with Gasteiger partial charge in [-0.3, -0.25) is 0 Å². The average Bonchev–Trinajstić information content (AvgIpc) is 2.53. The van der Waals surface area contributed by atoms with Gasteiger partial charge in [-0.05, 0) is 44.6 Å². The molecule has 0 atom stereocenters. The Morgan fingerprint density at radius 1 is 1.24 bits per heavy atom. The highest BCUT2D eigenvalue weighted by molar-refractivity contribution is 5.39. The third kappa shape index (κ3) is 4.40. The summed E-state index contributed by atoms with van der Waals surface area (Å²) in [7, 11) is 2.18. The monoisotopic (exact) mass is 290 g/mol. The standard InChI is InChI=1S/C17H30N4/c1-5-10-18-14-6-8-15(9-7-14)21(4)17-11-16(13(2)3)19-12-20-17/h11-15,18H,5-10H2,1-4H3. The first-order valence-electron chi connectivity index (χ1n) is 8.40. The molecule has 1 saturated carbocycles. The minimum absolute atomic E-state index is 0.453. The summed E-state index contributed by atoms with van der Waals surface area (Å²) < 4.78 is 0. The van der Waals surface area contributed by atoms with Gasteiger partial charge in [-0.25, -0.2) is 9.97 Å². The molecule has 1 aromatic rings. The second kappa shape index (κ2) is 7.74. The molecule has 0 saturated heterocycles. The van der Waals surface area contributed by atoms with E-state index in [9.17, 15) is 0 Å². The Balaban J connectivity index is 1.92. The largest absolute Gasteiger partial charge is 0.357 e. The Morgan fingerprint density at radius 2 is 1.95 bits per heavy atom. The summed E-state index contributed by atoms with van der Waals surface area (Å²) in [6.07, 6.45) is 7.97. The Labute approximate surface area is 129 Å². The van der Waals surface area contributed by atoms with Crippen molar-refractivity contribution in [1.82, 2.24) is 15.3 Å². The fraction of sp³-hybridized carbons (Fsp3) is 0.765. The highest BCUT2D eigenvalue weighted by Crippen LogP contribution is 2.26. The first-order chi connectivity index (χ1) is 10.1. The Bertz CT molecular complexity index is 425. The van der Waals surface area contributed by atoms with Crippen LogP contribution in [0, 0.1) is 0 Å². The molecule has 1 heterocycles. The smallest absolute Gasteiger partial charge is 0.132 e. The van der Waals surface area contributed by atoms with Gasteiger partial charge in [-0.1, -0.05) is 20.8 Å². The van der Waals surface area contributed by atoms with Crippen molar-refractivity contribution in [2.75, 3.05) is 18.5 Å². The summed E-state index contributed by atoms with van der Waals surface area (Å²) in [5.74, 6) is 1.52. The molecule has 0 radical (unpaired) electrons. The number of aromatic nitrogens is 2. The molecule has 0 spiro atoms. The van der Waals surface area contributed by atoms with E-state index < -0.39 is 0 Å². The van der Waals surface area contributed by atoms with Crippen LogP contribution >= 0.6 is 0 Å². The molecule has 1 aliphatic carbocycles. The van der Waals surface area contributed by atoms with Crippen molar-refractivity contribution < 1.29 is 0 Å². The molecular formula is C17H30N4. The van der Waals surface area contributed by atoms with Crippen LogP contribution in [0.25, 0.3) is 0 Å². The van der Waals surface area contributed by atoms with Crippen LogP contribution in [0.4, 0.5) is 5.82 Å². The highest BCUT2D eigenvalue weighted by atomic mass is 15.2. The van der Waals surface area contributed by atoms with Gasteiger partial charge < -0.3 is 10.2 Å². The summed E-state index contributed by atoms with van der Waals surface area (Å²) in [6, 6.07) is 3.47. The second-order valence-corrected chi connectivity index (χ2v) is 6.53. The number of nitrogens with one attached hydrogen (secondary N) is 1. The van der Waals surface area contributed by atoms with Gasteiger partial charge in [0.1, 0.15) is 12.1 Å². The van der Waals surface area contributed by atoms with Crippen LogP contribution in [0.1, 0.15) is 64.5 Å². The third-order valence-electron chi connectivity index (χ3n) is 4.55. The van der Waals surface area contributed by atoms with E-state index in [1.807, 2.05) is 0 Å². The zero-order valence-corrected chi connectivity index (χ0v) is 14.0. The van der Waals surface area contributed by atoms with Crippen molar-refractivity contribution in [3.05, 3.63) is 18.1 Å². The predicted molar refractivity (Wildman–Crippen MR) is 88.9 cm³/mol. The number of rotatable bonds is 6. The third-order valence-corrected chi connectivity index (χ3v) is 4.55. The fourth-order valence-electron chi connectivity index (χ4n) is 3.07. The van der Waals surface area contributed by atoms with Crippen molar-refractivity contribution in [2.45, 2.75) is 70.9 Å². The SMILES string of the molecule is CCCNC1CCC(N(C)c2cc(C(C)C)ncn2)CC1. The number of hydrogen-bond donors (Lipinski definition) is 1. The van der Waals surface area contributed by atoms with E-state index in [1.165, 1.54) is 32.1 Å². The summed E-state index contributed by atoms with van der Waals surface area (Å²) in [4.78, 5) is 11.2. The van der Waals surface area contributed by atoms with Crippen molar-refractivity contribution in [3.8, 4) is 0 Å². The minimum atomic E-state index is 0.453. The quantitative estimate of drug-likeness (QED) is 0.872. The molecule has 1 aromatic heterocycles. The Kier molecular flexibility index (Phi) is 5.97. The molecule has 0 bridgehead atoms. The van der Waals surface area contributed by atoms with Crippen molar-refractivity contribution in [1.29, 1.82) is 0 Å². The van der Waals surface area contributed by atoms with Gasteiger partial charge >= 0.3 is 0 Å². The van der Waals surface area contributed by atoms with Crippen LogP contribution in [0.2, 0.25) is 0 Å². The van der Waals surface area contributed by atoms with Gasteiger partial charge in [0.05, 0.1) is 0 Å². The van der Waals surface area contributed by atoms with Gasteiger partial charge in [0.2, 0.25) is 0 Å². The van der Waals surface area contributed by atoms with E-state index in [4.69, 9.17) is 0 Å². The molecule has 1 aliphatic rings. The van der Waals surface area contributed by atoms with Gasteiger partial charge in [0.15, 0.2) is 0 Å². The predicted octanol–water partition coefficient (Wildman–Crippen LogP) is 3.35. The van der Waals surface area contributed by atoms with Crippen LogP contribution < -0.4 is 10.2 Å². The molecule has 21 heavy (non-hydrogen) atoms. The molecule has 1 N–H and O–H groups in total. The molecule has 0 amide bonds. The van der Waals surface area contributed by atoms with Crippen molar-refractivity contribution >= 4 is 5.82 Å². The molecule has 2 rings (SSSR count). The lowest BCUT2D eigenvalue weighted by atomic mass is 9.90. The van der Waals surface area contributed by atoms with Crippen LogP contribution in [0.15, 0.2) is 12.4 Å². The van der Waals surface area contributed by atoms with Crippen molar-refractivity contribution in [3.63, 3.8) is 0 Å². The normalized spacial score (nSPS) is 22.5. The number of nitrogens with zero attached hydrogens (tertiary/aromatic N) is 3. The van der Waals surface area contributed by atoms with Crippen LogP contribution in [0.5, 0.6) is 0 Å². The molecule has 1 fully saturated rings. The topological polar surface area (TPSA) is 41.0 Å². The Morgan fingerprint density at radius 3 is 2.57 bits per heavy atom. The van der Waals surface area contributed by atoms with Crippen molar-refractivity contribution in [2.24, 2.45) is 0 Å². The summed E-state index contributed by atoms with van der Waals surface area (Å²) in [6.45, 7) is 7.73. The molecule has 0 aliphatic heterocycles. The lowest BCUT2D eigenvalue weighted by molar-refractivity contribution is 0.336. The van der Waals surface area contributed by atoms with Crippen LogP contribution in [-0.4, -0.2) is 35.6 Å². The summed E-state index contributed by atoms with van der Waals surface area (Å²) in [5.41, 5.74) is 1.13. The summed E-state index contributed by atoms with van der Waals surface area (Å²) in [5, 5.41) is 3.65. The van der Waals surface area contributed by atoms with E-state index in [0.29, 0.717) is 18.0 Å². The number of anilines is 1. The zero-order chi connectivity index (χ0) is 15.2. The van der Waals surface area contributed by atoms with Gasteiger partial charge in [-0.15, -0.1) is 0 Å². The van der Waals surface area contributed by atoms with E-state index in [1.54, 1.807) is 6.33 Å². The molecule has 4 heteroatoms. The fourth-order valence-corrected chi connectivity index (χ4v) is 3.07. The highest BCUT2D eigenvalue weighted by Gasteiger charge is 2.24. The minimum Gasteiger partial charge on any atom is -0.357 e. The second-order valence-electron chi connectivity index (χ2n) is 6.53. The average molecular weight is 290 g/mol.